The second-order valence-corrected chi connectivity index (χ2v) is 8.15. The Balaban J connectivity index is 1.88. The van der Waals surface area contributed by atoms with E-state index in [-0.39, 0.29) is 11.3 Å². The van der Waals surface area contributed by atoms with E-state index in [4.69, 9.17) is 0 Å². The summed E-state index contributed by atoms with van der Waals surface area (Å²) in [5.41, 5.74) is 2.32. The van der Waals surface area contributed by atoms with Crippen LogP contribution in [0.2, 0.25) is 0 Å². The van der Waals surface area contributed by atoms with Crippen molar-refractivity contribution >= 4 is 34.5 Å². The first kappa shape index (κ1) is 19.1. The number of hydrogen-bond acceptors (Lipinski definition) is 5. The first-order chi connectivity index (χ1) is 14.0. The van der Waals surface area contributed by atoms with Gasteiger partial charge in [0.15, 0.2) is 0 Å². The molecule has 0 spiro atoms. The Hall–Kier alpha value is -3.25. The molecule has 5 nitrogen and oxygen atoms in total. The summed E-state index contributed by atoms with van der Waals surface area (Å²) in [5.74, 6) is -1.16. The normalized spacial score (nSPS) is 18.6. The van der Waals surface area contributed by atoms with Crippen molar-refractivity contribution in [3.63, 3.8) is 0 Å². The third kappa shape index (κ3) is 3.36. The monoisotopic (exact) mass is 404 g/mol. The van der Waals surface area contributed by atoms with Crippen LogP contribution < -0.4 is 4.90 Å². The van der Waals surface area contributed by atoms with Crippen molar-refractivity contribution in [3.8, 4) is 0 Å². The number of aliphatic hydroxyl groups excluding tert-OH is 1. The number of amides is 1. The molecule has 1 amide bonds. The average molecular weight is 404 g/mol. The number of Topliss-reactive ketones (excluding diaryl/α,β-unsaturated/α-hetero) is 1. The number of carbonyl (C=O) groups is 2. The molecule has 4 rings (SSSR count). The standard InChI is InChI=1S/C23H20N2O3S/c1-14(2)15-5-7-17(8-6-15)25-20(18-4-3-13-29-18)19(22(27)23(25)28)21(26)16-9-11-24-12-10-16/h3-14,20,26H,1-2H3/b21-19-. The Morgan fingerprint density at radius 3 is 2.34 bits per heavy atom. The molecule has 1 fully saturated rings. The molecular formula is C23H20N2O3S. The first-order valence-electron chi connectivity index (χ1n) is 9.33. The molecule has 1 saturated heterocycles. The Kier molecular flexibility index (Phi) is 5.03. The molecule has 1 aliphatic heterocycles. The van der Waals surface area contributed by atoms with Crippen LogP contribution in [0.4, 0.5) is 5.69 Å². The van der Waals surface area contributed by atoms with E-state index in [2.05, 4.69) is 18.8 Å². The quantitative estimate of drug-likeness (QED) is 0.382. The molecule has 29 heavy (non-hydrogen) atoms. The van der Waals surface area contributed by atoms with Gasteiger partial charge in [-0.15, -0.1) is 11.3 Å². The third-order valence-electron chi connectivity index (χ3n) is 5.05. The number of carbonyl (C=O) groups excluding carboxylic acids is 2. The summed E-state index contributed by atoms with van der Waals surface area (Å²) in [4.78, 5) is 32.2. The lowest BCUT2D eigenvalue weighted by Gasteiger charge is -2.24. The maximum absolute atomic E-state index is 13.0. The maximum atomic E-state index is 13.0. The molecule has 146 valence electrons. The second kappa shape index (κ2) is 7.64. The third-order valence-corrected chi connectivity index (χ3v) is 5.97. The van der Waals surface area contributed by atoms with Gasteiger partial charge in [0.2, 0.25) is 0 Å². The van der Waals surface area contributed by atoms with Crippen LogP contribution in [0.3, 0.4) is 0 Å². The van der Waals surface area contributed by atoms with Gasteiger partial charge in [0.05, 0.1) is 5.57 Å². The lowest BCUT2D eigenvalue weighted by Crippen LogP contribution is -2.29. The number of ketones is 1. The predicted molar refractivity (Wildman–Crippen MR) is 114 cm³/mol. The zero-order chi connectivity index (χ0) is 20.5. The molecule has 0 radical (unpaired) electrons. The fourth-order valence-electron chi connectivity index (χ4n) is 3.50. The van der Waals surface area contributed by atoms with E-state index in [1.54, 1.807) is 12.1 Å². The number of benzene rings is 1. The van der Waals surface area contributed by atoms with Gasteiger partial charge in [0, 0.05) is 28.5 Å². The fraction of sp³-hybridized carbons (Fsp3) is 0.174. The summed E-state index contributed by atoms with van der Waals surface area (Å²) in [6, 6.07) is 13.9. The number of thiophene rings is 1. The van der Waals surface area contributed by atoms with Gasteiger partial charge >= 0.3 is 0 Å². The Morgan fingerprint density at radius 2 is 1.76 bits per heavy atom. The van der Waals surface area contributed by atoms with E-state index in [1.165, 1.54) is 28.6 Å². The van der Waals surface area contributed by atoms with E-state index < -0.39 is 17.7 Å². The van der Waals surface area contributed by atoms with Crippen molar-refractivity contribution in [1.82, 2.24) is 4.98 Å². The highest BCUT2D eigenvalue weighted by Gasteiger charge is 2.47. The van der Waals surface area contributed by atoms with Crippen LogP contribution in [0.1, 0.15) is 41.8 Å². The minimum atomic E-state index is -0.689. The molecule has 1 aliphatic rings. The summed E-state index contributed by atoms with van der Waals surface area (Å²) in [5, 5.41) is 12.8. The SMILES string of the molecule is CC(C)c1ccc(N2C(=O)C(=O)/C(=C(\O)c3ccncc3)C2c2cccs2)cc1. The molecular weight excluding hydrogens is 384 g/mol. The Morgan fingerprint density at radius 1 is 1.07 bits per heavy atom. The van der Waals surface area contributed by atoms with Gasteiger partial charge in [0.1, 0.15) is 11.8 Å². The fourth-order valence-corrected chi connectivity index (χ4v) is 4.32. The molecule has 1 aromatic carbocycles. The summed E-state index contributed by atoms with van der Waals surface area (Å²) < 4.78 is 0. The smallest absolute Gasteiger partial charge is 0.300 e. The second-order valence-electron chi connectivity index (χ2n) is 7.17. The van der Waals surface area contributed by atoms with Gasteiger partial charge in [-0.3, -0.25) is 19.5 Å². The summed E-state index contributed by atoms with van der Waals surface area (Å²) in [6.45, 7) is 4.20. The first-order valence-corrected chi connectivity index (χ1v) is 10.2. The van der Waals surface area contributed by atoms with Gasteiger partial charge in [-0.1, -0.05) is 32.0 Å². The van der Waals surface area contributed by atoms with E-state index in [1.807, 2.05) is 41.8 Å². The Bertz CT molecular complexity index is 1070. The molecule has 0 aliphatic carbocycles. The number of rotatable bonds is 4. The van der Waals surface area contributed by atoms with Crippen molar-refractivity contribution in [3.05, 3.63) is 87.9 Å². The van der Waals surface area contributed by atoms with Crippen molar-refractivity contribution in [2.24, 2.45) is 0 Å². The largest absolute Gasteiger partial charge is 0.507 e. The van der Waals surface area contributed by atoms with Crippen LogP contribution in [0.25, 0.3) is 5.76 Å². The lowest BCUT2D eigenvalue weighted by atomic mass is 10.00. The Labute approximate surface area is 173 Å². The van der Waals surface area contributed by atoms with Crippen LogP contribution >= 0.6 is 11.3 Å². The highest BCUT2D eigenvalue weighted by Crippen LogP contribution is 2.43. The van der Waals surface area contributed by atoms with Crippen LogP contribution in [0, 0.1) is 0 Å². The predicted octanol–water partition coefficient (Wildman–Crippen LogP) is 4.89. The lowest BCUT2D eigenvalue weighted by molar-refractivity contribution is -0.132. The maximum Gasteiger partial charge on any atom is 0.300 e. The van der Waals surface area contributed by atoms with Crippen LogP contribution in [0.15, 0.2) is 71.9 Å². The molecule has 0 saturated carbocycles. The number of hydrogen-bond donors (Lipinski definition) is 1. The molecule has 3 aromatic rings. The van der Waals surface area contributed by atoms with Crippen molar-refractivity contribution in [2.45, 2.75) is 25.8 Å². The van der Waals surface area contributed by atoms with Crippen LogP contribution in [0.5, 0.6) is 0 Å². The average Bonchev–Trinajstić information content (AvgIpc) is 3.35. The van der Waals surface area contributed by atoms with Crippen molar-refractivity contribution in [2.75, 3.05) is 4.90 Å². The van der Waals surface area contributed by atoms with Gasteiger partial charge in [0.25, 0.3) is 11.7 Å². The number of aliphatic hydroxyl groups is 1. The molecule has 6 heteroatoms. The van der Waals surface area contributed by atoms with Gasteiger partial charge in [-0.05, 0) is 47.2 Å². The van der Waals surface area contributed by atoms with Gasteiger partial charge in [-0.2, -0.15) is 0 Å². The summed E-state index contributed by atoms with van der Waals surface area (Å²) in [6.07, 6.45) is 3.08. The summed E-state index contributed by atoms with van der Waals surface area (Å²) >= 11 is 1.44. The topological polar surface area (TPSA) is 70.5 Å². The zero-order valence-electron chi connectivity index (χ0n) is 16.1. The van der Waals surface area contributed by atoms with E-state index in [0.29, 0.717) is 17.2 Å². The molecule has 1 N–H and O–H groups in total. The highest BCUT2D eigenvalue weighted by atomic mass is 32.1. The van der Waals surface area contributed by atoms with E-state index in [9.17, 15) is 14.7 Å². The molecule has 1 unspecified atom stereocenters. The molecule has 3 heterocycles. The van der Waals surface area contributed by atoms with Crippen LogP contribution in [-0.2, 0) is 9.59 Å². The highest BCUT2D eigenvalue weighted by molar-refractivity contribution is 7.10. The van der Waals surface area contributed by atoms with E-state index >= 15 is 0 Å². The zero-order valence-corrected chi connectivity index (χ0v) is 16.9. The molecule has 0 bridgehead atoms. The van der Waals surface area contributed by atoms with Crippen LogP contribution in [-0.4, -0.2) is 21.8 Å². The summed E-state index contributed by atoms with van der Waals surface area (Å²) in [7, 11) is 0. The number of pyridine rings is 1. The number of aromatic nitrogens is 1. The minimum Gasteiger partial charge on any atom is -0.507 e. The number of anilines is 1. The molecule has 1 atom stereocenters. The van der Waals surface area contributed by atoms with Gasteiger partial charge < -0.3 is 5.11 Å². The molecule has 2 aromatic heterocycles. The minimum absolute atomic E-state index is 0.0941. The number of nitrogens with zero attached hydrogens (tertiary/aromatic N) is 2. The van der Waals surface area contributed by atoms with Crippen molar-refractivity contribution in [1.29, 1.82) is 0 Å². The van der Waals surface area contributed by atoms with E-state index in [0.717, 1.165) is 10.4 Å². The van der Waals surface area contributed by atoms with Crippen molar-refractivity contribution < 1.29 is 14.7 Å². The van der Waals surface area contributed by atoms with Gasteiger partial charge in [-0.25, -0.2) is 0 Å².